The van der Waals surface area contributed by atoms with Crippen molar-refractivity contribution in [3.8, 4) is 28.4 Å². The zero-order chi connectivity index (χ0) is 26.5. The largest absolute Gasteiger partial charge is 0.476 e. The number of carbonyl (C=O) groups excluding carboxylic acids is 1. The van der Waals surface area contributed by atoms with Crippen LogP contribution in [0.3, 0.4) is 0 Å². The zero-order valence-electron chi connectivity index (χ0n) is 20.4. The van der Waals surface area contributed by atoms with E-state index in [1.165, 1.54) is 19.1 Å². The fourth-order valence-electron chi connectivity index (χ4n) is 3.88. The van der Waals surface area contributed by atoms with E-state index in [0.717, 1.165) is 16.7 Å². The summed E-state index contributed by atoms with van der Waals surface area (Å²) in [5, 5.41) is 13.5. The lowest BCUT2D eigenvalue weighted by atomic mass is 10.0. The van der Waals surface area contributed by atoms with Crippen molar-refractivity contribution >= 4 is 28.7 Å². The topological polar surface area (TPSA) is 133 Å². The van der Waals surface area contributed by atoms with Gasteiger partial charge < -0.3 is 4.74 Å². The van der Waals surface area contributed by atoms with E-state index in [9.17, 15) is 14.9 Å². The van der Waals surface area contributed by atoms with Gasteiger partial charge >= 0.3 is 0 Å². The second-order valence-electron chi connectivity index (χ2n) is 8.38. The number of rotatable bonds is 8. The van der Waals surface area contributed by atoms with E-state index < -0.39 is 4.92 Å². The molecule has 10 nitrogen and oxygen atoms in total. The van der Waals surface area contributed by atoms with Gasteiger partial charge in [-0.2, -0.15) is 9.97 Å². The number of nitro groups is 1. The number of aromatic nitrogens is 4. The summed E-state index contributed by atoms with van der Waals surface area (Å²) in [7, 11) is 0. The van der Waals surface area contributed by atoms with E-state index in [1.807, 2.05) is 60.7 Å². The van der Waals surface area contributed by atoms with Gasteiger partial charge in [-0.05, 0) is 5.56 Å². The Morgan fingerprint density at radius 2 is 1.45 bits per heavy atom. The molecule has 1 N–H and O–H groups in total. The Morgan fingerprint density at radius 3 is 2.03 bits per heavy atom. The molecule has 0 radical (unpaired) electrons. The molecule has 3 aromatic carbocycles. The van der Waals surface area contributed by atoms with Crippen LogP contribution in [0, 0.1) is 10.1 Å². The fraction of sp³-hybridized carbons (Fsp3) is 0.107. The first-order chi connectivity index (χ1) is 18.5. The van der Waals surface area contributed by atoms with Crippen LogP contribution in [0.4, 0.5) is 11.6 Å². The minimum absolute atomic E-state index is 0.0225. The Balaban J connectivity index is 1.56. The highest BCUT2D eigenvalue weighted by Gasteiger charge is 2.19. The fourth-order valence-corrected chi connectivity index (χ4v) is 3.88. The van der Waals surface area contributed by atoms with Crippen molar-refractivity contribution in [3.63, 3.8) is 0 Å². The number of non-ortho nitro benzene ring substituents is 1. The number of nitro benzene ring substituents is 1. The highest BCUT2D eigenvalue weighted by Crippen LogP contribution is 2.33. The third-order valence-corrected chi connectivity index (χ3v) is 5.66. The average Bonchev–Trinajstić information content (AvgIpc) is 2.93. The molecule has 0 saturated heterocycles. The van der Waals surface area contributed by atoms with Crippen LogP contribution in [-0.4, -0.2) is 37.4 Å². The van der Waals surface area contributed by atoms with Gasteiger partial charge in [0.15, 0.2) is 11.2 Å². The van der Waals surface area contributed by atoms with Crippen molar-refractivity contribution in [1.29, 1.82) is 0 Å². The maximum Gasteiger partial charge on any atom is 0.269 e. The molecule has 5 aromatic rings. The van der Waals surface area contributed by atoms with Gasteiger partial charge in [0.1, 0.15) is 0 Å². The molecule has 0 aliphatic heterocycles. The first-order valence-electron chi connectivity index (χ1n) is 11.8. The number of amides is 1. The Bertz CT molecular complexity index is 1610. The lowest BCUT2D eigenvalue weighted by Gasteiger charge is -2.13. The molecule has 38 heavy (non-hydrogen) atoms. The minimum atomic E-state index is -0.441. The summed E-state index contributed by atoms with van der Waals surface area (Å²) in [6.07, 6.45) is 0.472. The maximum atomic E-state index is 11.7. The van der Waals surface area contributed by atoms with Crippen LogP contribution in [0.15, 0.2) is 84.9 Å². The lowest BCUT2D eigenvalue weighted by molar-refractivity contribution is -0.384. The van der Waals surface area contributed by atoms with Crippen molar-refractivity contribution < 1.29 is 14.5 Å². The van der Waals surface area contributed by atoms with Gasteiger partial charge in [0.05, 0.1) is 22.9 Å². The molecular formula is C28H22N6O4. The molecule has 2 aromatic heterocycles. The second kappa shape index (κ2) is 10.8. The van der Waals surface area contributed by atoms with Gasteiger partial charge in [0, 0.05) is 36.6 Å². The normalized spacial score (nSPS) is 10.8. The third-order valence-electron chi connectivity index (χ3n) is 5.66. The van der Waals surface area contributed by atoms with E-state index in [2.05, 4.69) is 15.3 Å². The molecule has 0 unspecified atom stereocenters. The van der Waals surface area contributed by atoms with Crippen LogP contribution < -0.4 is 10.1 Å². The molecule has 0 atom stereocenters. The Hall–Kier alpha value is -5.25. The van der Waals surface area contributed by atoms with Crippen LogP contribution in [0.25, 0.3) is 33.7 Å². The van der Waals surface area contributed by atoms with E-state index in [4.69, 9.17) is 14.7 Å². The van der Waals surface area contributed by atoms with E-state index in [-0.39, 0.29) is 35.7 Å². The second-order valence-corrected chi connectivity index (χ2v) is 8.38. The lowest BCUT2D eigenvalue weighted by Crippen LogP contribution is -2.12. The Labute approximate surface area is 217 Å². The molecule has 5 rings (SSSR count). The van der Waals surface area contributed by atoms with Crippen LogP contribution in [0.1, 0.15) is 12.5 Å². The first-order valence-corrected chi connectivity index (χ1v) is 11.8. The highest BCUT2D eigenvalue weighted by molar-refractivity contribution is 5.90. The third kappa shape index (κ3) is 5.44. The van der Waals surface area contributed by atoms with Gasteiger partial charge in [-0.25, -0.2) is 9.97 Å². The average molecular weight is 507 g/mol. The number of hydrogen-bond donors (Lipinski definition) is 1. The van der Waals surface area contributed by atoms with E-state index >= 15 is 0 Å². The molecule has 0 saturated carbocycles. The number of hydrogen-bond acceptors (Lipinski definition) is 8. The van der Waals surface area contributed by atoms with Crippen LogP contribution in [-0.2, 0) is 11.2 Å². The molecule has 10 heteroatoms. The number of anilines is 1. The number of benzene rings is 3. The summed E-state index contributed by atoms with van der Waals surface area (Å²) >= 11 is 0. The molecular weight excluding hydrogens is 484 g/mol. The van der Waals surface area contributed by atoms with Gasteiger partial charge in [-0.1, -0.05) is 72.8 Å². The van der Waals surface area contributed by atoms with Crippen molar-refractivity contribution in [2.24, 2.45) is 0 Å². The smallest absolute Gasteiger partial charge is 0.269 e. The predicted octanol–water partition coefficient (Wildman–Crippen LogP) is 5.24. The maximum absolute atomic E-state index is 11.7. The molecule has 0 aliphatic carbocycles. The molecule has 0 aliphatic rings. The standard InChI is InChI=1S/C28H22N6O4/c1-18(35)29-28-32-26-25(27(33-28)38-17-16-19-12-14-22(15-13-19)34(36)37)30-23(20-8-4-2-5-9-20)24(31-26)21-10-6-3-7-11-21/h2-15H,16-17H2,1H3,(H,29,31,32,33,35). The van der Waals surface area contributed by atoms with Crippen molar-refractivity contribution in [2.45, 2.75) is 13.3 Å². The summed E-state index contributed by atoms with van der Waals surface area (Å²) < 4.78 is 6.02. The van der Waals surface area contributed by atoms with Crippen molar-refractivity contribution in [3.05, 3.63) is 101 Å². The monoisotopic (exact) mass is 506 g/mol. The molecule has 188 valence electrons. The van der Waals surface area contributed by atoms with Crippen LogP contribution in [0.2, 0.25) is 0 Å². The van der Waals surface area contributed by atoms with E-state index in [1.54, 1.807) is 12.1 Å². The number of nitrogens with zero attached hydrogens (tertiary/aromatic N) is 5. The SMILES string of the molecule is CC(=O)Nc1nc(OCCc2ccc([N+](=O)[O-])cc2)c2nc(-c3ccccc3)c(-c3ccccc3)nc2n1. The van der Waals surface area contributed by atoms with Gasteiger partial charge in [0.2, 0.25) is 17.7 Å². The van der Waals surface area contributed by atoms with Crippen molar-refractivity contribution in [2.75, 3.05) is 11.9 Å². The Morgan fingerprint density at radius 1 is 0.842 bits per heavy atom. The number of nitrogens with one attached hydrogen (secondary N) is 1. The van der Waals surface area contributed by atoms with Gasteiger partial charge in [0.25, 0.3) is 5.69 Å². The van der Waals surface area contributed by atoms with Crippen LogP contribution >= 0.6 is 0 Å². The van der Waals surface area contributed by atoms with E-state index in [0.29, 0.717) is 23.3 Å². The molecule has 0 fully saturated rings. The predicted molar refractivity (Wildman–Crippen MR) is 143 cm³/mol. The summed E-state index contributed by atoms with van der Waals surface area (Å²) in [6.45, 7) is 1.58. The molecule has 0 spiro atoms. The van der Waals surface area contributed by atoms with Crippen molar-refractivity contribution in [1.82, 2.24) is 19.9 Å². The quantitative estimate of drug-likeness (QED) is 0.223. The Kier molecular flexibility index (Phi) is 6.94. The van der Waals surface area contributed by atoms with Crippen LogP contribution in [0.5, 0.6) is 5.88 Å². The number of fused-ring (bicyclic) bond motifs is 1. The van der Waals surface area contributed by atoms with Gasteiger partial charge in [-0.15, -0.1) is 0 Å². The number of carbonyl (C=O) groups is 1. The molecule has 1 amide bonds. The minimum Gasteiger partial charge on any atom is -0.476 e. The summed E-state index contributed by atoms with van der Waals surface area (Å²) in [5.41, 5.74) is 4.50. The first kappa shape index (κ1) is 24.4. The number of ether oxygens (including phenoxy) is 1. The highest BCUT2D eigenvalue weighted by atomic mass is 16.6. The summed E-state index contributed by atoms with van der Waals surface area (Å²) in [5.74, 6) is -0.112. The zero-order valence-corrected chi connectivity index (χ0v) is 20.4. The summed E-state index contributed by atoms with van der Waals surface area (Å²) in [4.78, 5) is 40.8. The van der Waals surface area contributed by atoms with Gasteiger partial charge in [-0.3, -0.25) is 20.2 Å². The summed E-state index contributed by atoms with van der Waals surface area (Å²) in [6, 6.07) is 25.6. The molecule has 2 heterocycles. The molecule has 0 bridgehead atoms.